The number of hydrogen-bond donors (Lipinski definition) is 1. The van der Waals surface area contributed by atoms with Crippen molar-refractivity contribution in [1.82, 2.24) is 4.98 Å². The first-order chi connectivity index (χ1) is 6.90. The fraction of sp³-hybridized carbons (Fsp3) is 0.100. The van der Waals surface area contributed by atoms with Crippen LogP contribution >= 0.6 is 22.7 Å². The predicted octanol–water partition coefficient (Wildman–Crippen LogP) is 3.47. The zero-order chi connectivity index (χ0) is 9.80. The third-order valence-electron chi connectivity index (χ3n) is 1.68. The van der Waals surface area contributed by atoms with Crippen molar-refractivity contribution in [3.8, 4) is 10.6 Å². The van der Waals surface area contributed by atoms with E-state index in [1.165, 1.54) is 4.88 Å². The van der Waals surface area contributed by atoms with Crippen molar-refractivity contribution in [3.05, 3.63) is 35.5 Å². The molecule has 2 aromatic heterocycles. The molecular weight excluding hydrogens is 212 g/mol. The van der Waals surface area contributed by atoms with Gasteiger partial charge in [-0.1, -0.05) is 12.1 Å². The Bertz CT molecular complexity index is 403. The molecule has 0 unspecified atom stereocenters. The molecule has 2 heterocycles. The van der Waals surface area contributed by atoms with Crippen LogP contribution < -0.4 is 5.32 Å². The molecule has 2 aromatic rings. The predicted molar refractivity (Wildman–Crippen MR) is 64.1 cm³/mol. The summed E-state index contributed by atoms with van der Waals surface area (Å²) < 4.78 is 0. The molecule has 0 radical (unpaired) electrons. The molecule has 0 aromatic carbocycles. The lowest BCUT2D eigenvalue weighted by Gasteiger charge is -1.94. The first kappa shape index (κ1) is 9.43. The van der Waals surface area contributed by atoms with Gasteiger partial charge in [-0.15, -0.1) is 29.3 Å². The third kappa shape index (κ3) is 2.02. The number of rotatable bonds is 4. The summed E-state index contributed by atoms with van der Waals surface area (Å²) in [6.45, 7) is 4.41. The number of aromatic nitrogens is 1. The normalized spacial score (nSPS) is 10.0. The van der Waals surface area contributed by atoms with Crippen LogP contribution in [0, 0.1) is 0 Å². The minimum atomic E-state index is 0.761. The molecule has 14 heavy (non-hydrogen) atoms. The van der Waals surface area contributed by atoms with E-state index in [0.717, 1.165) is 17.4 Å². The summed E-state index contributed by atoms with van der Waals surface area (Å²) >= 11 is 3.33. The van der Waals surface area contributed by atoms with E-state index in [9.17, 15) is 0 Å². The Labute approximate surface area is 90.9 Å². The van der Waals surface area contributed by atoms with Gasteiger partial charge >= 0.3 is 0 Å². The Balaban J connectivity index is 2.14. The fourth-order valence-electron chi connectivity index (χ4n) is 1.05. The number of nitrogens with zero attached hydrogens (tertiary/aromatic N) is 1. The van der Waals surface area contributed by atoms with Crippen LogP contribution in [-0.2, 0) is 0 Å². The molecule has 2 nitrogen and oxygen atoms in total. The van der Waals surface area contributed by atoms with Gasteiger partial charge in [0.25, 0.3) is 0 Å². The standard InChI is InChI=1S/C10H10N2S2/c1-2-5-11-10-12-8(7-14-10)9-4-3-6-13-9/h2-4,6-7H,1,5H2,(H,11,12). The van der Waals surface area contributed by atoms with Crippen LogP contribution in [0.1, 0.15) is 0 Å². The highest BCUT2D eigenvalue weighted by atomic mass is 32.1. The molecule has 0 aliphatic carbocycles. The fourth-order valence-corrected chi connectivity index (χ4v) is 2.53. The quantitative estimate of drug-likeness (QED) is 0.801. The van der Waals surface area contributed by atoms with Gasteiger partial charge in [-0.2, -0.15) is 0 Å². The Kier molecular flexibility index (Phi) is 2.96. The average Bonchev–Trinajstić information content (AvgIpc) is 2.85. The highest BCUT2D eigenvalue weighted by Crippen LogP contribution is 2.27. The maximum atomic E-state index is 4.46. The molecule has 4 heteroatoms. The highest BCUT2D eigenvalue weighted by molar-refractivity contribution is 7.15. The lowest BCUT2D eigenvalue weighted by Crippen LogP contribution is -1.96. The lowest BCUT2D eigenvalue weighted by molar-refractivity contribution is 1.29. The zero-order valence-corrected chi connectivity index (χ0v) is 9.20. The van der Waals surface area contributed by atoms with Crippen LogP contribution in [0.3, 0.4) is 0 Å². The van der Waals surface area contributed by atoms with Crippen molar-refractivity contribution in [1.29, 1.82) is 0 Å². The molecule has 0 spiro atoms. The van der Waals surface area contributed by atoms with E-state index in [4.69, 9.17) is 0 Å². The molecule has 0 fully saturated rings. The van der Waals surface area contributed by atoms with Crippen molar-refractivity contribution in [2.75, 3.05) is 11.9 Å². The van der Waals surface area contributed by atoms with E-state index in [-0.39, 0.29) is 0 Å². The minimum absolute atomic E-state index is 0.761. The lowest BCUT2D eigenvalue weighted by atomic mass is 10.4. The largest absolute Gasteiger partial charge is 0.358 e. The van der Waals surface area contributed by atoms with Crippen molar-refractivity contribution in [3.63, 3.8) is 0 Å². The summed E-state index contributed by atoms with van der Waals surface area (Å²) in [7, 11) is 0. The molecule has 0 saturated carbocycles. The highest BCUT2D eigenvalue weighted by Gasteiger charge is 2.03. The van der Waals surface area contributed by atoms with Crippen LogP contribution in [0.2, 0.25) is 0 Å². The van der Waals surface area contributed by atoms with Gasteiger partial charge in [0.15, 0.2) is 5.13 Å². The molecule has 2 rings (SSSR count). The van der Waals surface area contributed by atoms with E-state index in [1.54, 1.807) is 22.7 Å². The van der Waals surface area contributed by atoms with Gasteiger partial charge in [0.05, 0.1) is 10.6 Å². The monoisotopic (exact) mass is 222 g/mol. The molecule has 1 N–H and O–H groups in total. The van der Waals surface area contributed by atoms with E-state index >= 15 is 0 Å². The van der Waals surface area contributed by atoms with Crippen molar-refractivity contribution < 1.29 is 0 Å². The zero-order valence-electron chi connectivity index (χ0n) is 7.56. The van der Waals surface area contributed by atoms with E-state index in [2.05, 4.69) is 33.7 Å². The van der Waals surface area contributed by atoms with Gasteiger partial charge in [-0.3, -0.25) is 0 Å². The summed E-state index contributed by atoms with van der Waals surface area (Å²) in [5.74, 6) is 0. The van der Waals surface area contributed by atoms with Crippen molar-refractivity contribution in [2.24, 2.45) is 0 Å². The number of hydrogen-bond acceptors (Lipinski definition) is 4. The number of nitrogens with one attached hydrogen (secondary N) is 1. The Morgan fingerprint density at radius 2 is 2.43 bits per heavy atom. The summed E-state index contributed by atoms with van der Waals surface area (Å²) in [5.41, 5.74) is 1.05. The average molecular weight is 222 g/mol. The first-order valence-corrected chi connectivity index (χ1v) is 6.00. The molecule has 0 aliphatic rings. The van der Waals surface area contributed by atoms with E-state index < -0.39 is 0 Å². The summed E-state index contributed by atoms with van der Waals surface area (Å²) in [6.07, 6.45) is 1.83. The molecular formula is C10H10N2S2. The van der Waals surface area contributed by atoms with Gasteiger partial charge in [0, 0.05) is 11.9 Å². The van der Waals surface area contributed by atoms with Crippen LogP contribution in [0.5, 0.6) is 0 Å². The van der Waals surface area contributed by atoms with E-state index in [1.807, 2.05) is 12.1 Å². The van der Waals surface area contributed by atoms with Gasteiger partial charge < -0.3 is 5.32 Å². The van der Waals surface area contributed by atoms with Crippen molar-refractivity contribution >= 4 is 27.8 Å². The SMILES string of the molecule is C=CCNc1nc(-c2cccs2)cs1. The maximum Gasteiger partial charge on any atom is 0.183 e. The third-order valence-corrected chi connectivity index (χ3v) is 3.37. The molecule has 72 valence electrons. The summed E-state index contributed by atoms with van der Waals surface area (Å²) in [6, 6.07) is 4.12. The second-order valence-corrected chi connectivity index (χ2v) is 4.49. The summed E-state index contributed by atoms with van der Waals surface area (Å²) in [4.78, 5) is 5.68. The number of thiazole rings is 1. The van der Waals surface area contributed by atoms with Crippen LogP contribution in [-0.4, -0.2) is 11.5 Å². The second-order valence-electron chi connectivity index (χ2n) is 2.68. The Hall–Kier alpha value is -1.13. The molecule has 0 saturated heterocycles. The van der Waals surface area contributed by atoms with Crippen LogP contribution in [0.25, 0.3) is 10.6 Å². The maximum absolute atomic E-state index is 4.46. The smallest absolute Gasteiger partial charge is 0.183 e. The molecule has 0 bridgehead atoms. The first-order valence-electron chi connectivity index (χ1n) is 4.24. The summed E-state index contributed by atoms with van der Waals surface area (Å²) in [5, 5.41) is 8.25. The minimum Gasteiger partial charge on any atom is -0.358 e. The number of anilines is 1. The molecule has 0 amide bonds. The van der Waals surface area contributed by atoms with Gasteiger partial charge in [-0.25, -0.2) is 4.98 Å². The molecule has 0 aliphatic heterocycles. The second kappa shape index (κ2) is 4.39. The number of thiophene rings is 1. The van der Waals surface area contributed by atoms with E-state index in [0.29, 0.717) is 0 Å². The Morgan fingerprint density at radius 1 is 1.50 bits per heavy atom. The Morgan fingerprint density at radius 3 is 3.14 bits per heavy atom. The molecule has 0 atom stereocenters. The van der Waals surface area contributed by atoms with Gasteiger partial charge in [-0.05, 0) is 11.4 Å². The van der Waals surface area contributed by atoms with Crippen molar-refractivity contribution in [2.45, 2.75) is 0 Å². The topological polar surface area (TPSA) is 24.9 Å². The van der Waals surface area contributed by atoms with Gasteiger partial charge in [0.1, 0.15) is 0 Å². The van der Waals surface area contributed by atoms with Crippen LogP contribution in [0.15, 0.2) is 35.5 Å². The van der Waals surface area contributed by atoms with Crippen LogP contribution in [0.4, 0.5) is 5.13 Å². The van der Waals surface area contributed by atoms with Gasteiger partial charge in [0.2, 0.25) is 0 Å².